The number of carbonyl (C=O) groups excluding carboxylic acids is 3. The van der Waals surface area contributed by atoms with Gasteiger partial charge in [0.2, 0.25) is 27.7 Å². The van der Waals surface area contributed by atoms with Gasteiger partial charge in [0.1, 0.15) is 23.7 Å². The number of hydrogen-bond donors (Lipinski definition) is 4. The van der Waals surface area contributed by atoms with Gasteiger partial charge in [0.15, 0.2) is 0 Å². The molecule has 13 nitrogen and oxygen atoms in total. The van der Waals surface area contributed by atoms with E-state index in [2.05, 4.69) is 20.3 Å². The van der Waals surface area contributed by atoms with Gasteiger partial charge in [0, 0.05) is 23.9 Å². The number of carbonyl (C=O) groups is 4. The van der Waals surface area contributed by atoms with Crippen LogP contribution in [0, 0.1) is 5.92 Å². The molecule has 3 fully saturated rings. The number of sulfonamides is 1. The van der Waals surface area contributed by atoms with Crippen molar-refractivity contribution >= 4 is 44.6 Å². The third kappa shape index (κ3) is 6.60. The summed E-state index contributed by atoms with van der Waals surface area (Å²) >= 11 is 0. The highest BCUT2D eigenvalue weighted by molar-refractivity contribution is 7.91. The van der Waals surface area contributed by atoms with Crippen LogP contribution in [0.2, 0.25) is 0 Å². The smallest absolute Gasteiger partial charge is 0.405 e. The molecule has 14 heteroatoms. The highest BCUT2D eigenvalue weighted by atomic mass is 32.2. The number of nitrogens with zero attached hydrogens (tertiary/aromatic N) is 2. The molecule has 2 aromatic rings. The molecule has 4 amide bonds. The maximum absolute atomic E-state index is 14.0. The van der Waals surface area contributed by atoms with Crippen LogP contribution in [-0.4, -0.2) is 82.7 Å². The minimum atomic E-state index is -3.87. The minimum Gasteiger partial charge on any atom is -0.472 e. The number of amides is 4. The van der Waals surface area contributed by atoms with E-state index in [1.54, 1.807) is 6.20 Å². The second kappa shape index (κ2) is 12.3. The number of allylic oxidation sites excluding steroid dienone is 1. The number of pyridine rings is 1. The Morgan fingerprint density at radius 1 is 1.09 bits per heavy atom. The maximum atomic E-state index is 14.0. The molecule has 6 rings (SSSR count). The summed E-state index contributed by atoms with van der Waals surface area (Å²) in [5.41, 5.74) is -1.49. The number of rotatable bonds is 6. The number of hydrogen-bond acceptors (Lipinski definition) is 8. The summed E-state index contributed by atoms with van der Waals surface area (Å²) in [7, 11) is -3.87. The Hall–Kier alpha value is -4.20. The Bertz CT molecular complexity index is 1640. The molecule has 5 atom stereocenters. The zero-order valence-electron chi connectivity index (χ0n) is 24.7. The zero-order valence-corrected chi connectivity index (χ0v) is 25.5. The van der Waals surface area contributed by atoms with Crippen molar-refractivity contribution in [1.29, 1.82) is 0 Å². The van der Waals surface area contributed by atoms with Crippen molar-refractivity contribution in [3.8, 4) is 5.88 Å². The Morgan fingerprint density at radius 3 is 2.67 bits per heavy atom. The van der Waals surface area contributed by atoms with Crippen LogP contribution in [0.3, 0.4) is 0 Å². The van der Waals surface area contributed by atoms with Crippen LogP contribution in [0.5, 0.6) is 5.88 Å². The molecule has 5 unspecified atom stereocenters. The third-order valence-electron chi connectivity index (χ3n) is 9.06. The van der Waals surface area contributed by atoms with E-state index >= 15 is 0 Å². The average Bonchev–Trinajstić information content (AvgIpc) is 3.92. The molecule has 2 aliphatic heterocycles. The van der Waals surface area contributed by atoms with E-state index in [1.165, 1.54) is 4.90 Å². The van der Waals surface area contributed by atoms with Gasteiger partial charge in [0.25, 0.3) is 5.91 Å². The molecule has 2 saturated carbocycles. The van der Waals surface area contributed by atoms with E-state index in [-0.39, 0.29) is 25.8 Å². The first kappa shape index (κ1) is 30.8. The molecule has 2 aliphatic carbocycles. The molecule has 0 bridgehead atoms. The molecule has 3 heterocycles. The molecule has 240 valence electrons. The molecule has 4 N–H and O–H groups in total. The lowest BCUT2D eigenvalue weighted by atomic mass is 10.1. The van der Waals surface area contributed by atoms with E-state index in [0.717, 1.165) is 23.6 Å². The van der Waals surface area contributed by atoms with Crippen molar-refractivity contribution in [2.75, 3.05) is 6.54 Å². The SMILES string of the molecule is O=C(O)NC1CCCCC/C=C\C2CC2(C(=O)NS(=O)(=O)C2CC2)NC(=O)C2CC(Oc3nccc4ccccc34)CN2C1=O. The van der Waals surface area contributed by atoms with Gasteiger partial charge in [-0.2, -0.15) is 0 Å². The summed E-state index contributed by atoms with van der Waals surface area (Å²) in [6, 6.07) is 7.17. The molecule has 1 saturated heterocycles. The Kier molecular flexibility index (Phi) is 8.42. The van der Waals surface area contributed by atoms with E-state index in [0.29, 0.717) is 31.6 Å². The first-order valence-electron chi connectivity index (χ1n) is 15.4. The van der Waals surface area contributed by atoms with Gasteiger partial charge in [-0.1, -0.05) is 43.2 Å². The van der Waals surface area contributed by atoms with Crippen LogP contribution >= 0.6 is 0 Å². The fourth-order valence-corrected chi connectivity index (χ4v) is 7.70. The third-order valence-corrected chi connectivity index (χ3v) is 10.9. The lowest BCUT2D eigenvalue weighted by Crippen LogP contribution is -2.58. The second-order valence-corrected chi connectivity index (χ2v) is 14.3. The van der Waals surface area contributed by atoms with Gasteiger partial charge < -0.3 is 25.4 Å². The predicted molar refractivity (Wildman–Crippen MR) is 163 cm³/mol. The van der Waals surface area contributed by atoms with Gasteiger partial charge in [0.05, 0.1) is 11.8 Å². The van der Waals surface area contributed by atoms with Gasteiger partial charge in [-0.05, 0) is 56.0 Å². The highest BCUT2D eigenvalue weighted by Crippen LogP contribution is 2.46. The summed E-state index contributed by atoms with van der Waals surface area (Å²) in [6.45, 7) is -0.0157. The number of benzene rings is 1. The molecular weight excluding hydrogens is 602 g/mol. The fraction of sp³-hybridized carbons (Fsp3) is 0.516. The van der Waals surface area contributed by atoms with Crippen LogP contribution in [0.1, 0.15) is 57.8 Å². The normalized spacial score (nSPS) is 29.7. The van der Waals surface area contributed by atoms with Crippen molar-refractivity contribution in [3.63, 3.8) is 0 Å². The molecular formula is C31H37N5O8S. The molecule has 0 radical (unpaired) electrons. The molecule has 0 spiro atoms. The minimum absolute atomic E-state index is 0.0157. The summed E-state index contributed by atoms with van der Waals surface area (Å²) in [5, 5.41) is 15.7. The van der Waals surface area contributed by atoms with Crippen LogP contribution < -0.4 is 20.1 Å². The van der Waals surface area contributed by atoms with E-state index < -0.39 is 68.7 Å². The van der Waals surface area contributed by atoms with E-state index in [9.17, 15) is 32.7 Å². The van der Waals surface area contributed by atoms with Gasteiger partial charge in [-0.15, -0.1) is 0 Å². The van der Waals surface area contributed by atoms with E-state index in [1.807, 2.05) is 42.5 Å². The lowest BCUT2D eigenvalue weighted by Gasteiger charge is -2.29. The zero-order chi connectivity index (χ0) is 31.8. The van der Waals surface area contributed by atoms with Crippen molar-refractivity contribution in [2.24, 2.45) is 5.92 Å². The van der Waals surface area contributed by atoms with Gasteiger partial charge in [-0.25, -0.2) is 18.2 Å². The van der Waals surface area contributed by atoms with Gasteiger partial charge >= 0.3 is 6.09 Å². The summed E-state index contributed by atoms with van der Waals surface area (Å²) < 4.78 is 33.8. The molecule has 1 aromatic carbocycles. The summed E-state index contributed by atoms with van der Waals surface area (Å²) in [6.07, 6.45) is 7.61. The highest BCUT2D eigenvalue weighted by Gasteiger charge is 2.62. The Morgan fingerprint density at radius 2 is 1.89 bits per heavy atom. The van der Waals surface area contributed by atoms with Crippen molar-refractivity contribution in [3.05, 3.63) is 48.7 Å². The maximum Gasteiger partial charge on any atom is 0.405 e. The Labute approximate surface area is 260 Å². The number of aromatic nitrogens is 1. The van der Waals surface area contributed by atoms with Crippen LogP contribution in [-0.2, 0) is 24.4 Å². The quantitative estimate of drug-likeness (QED) is 0.344. The van der Waals surface area contributed by atoms with Crippen molar-refractivity contribution in [1.82, 2.24) is 25.2 Å². The second-order valence-electron chi connectivity index (χ2n) is 12.3. The van der Waals surface area contributed by atoms with E-state index in [4.69, 9.17) is 4.74 Å². The number of fused-ring (bicyclic) bond motifs is 3. The number of carboxylic acid groups (broad SMARTS) is 1. The standard InChI is InChI=1S/C31H37N5O8S/c37-26-25-16-21(44-27-23-10-7-6-8-19(23)14-15-32-27)18-36(25)28(38)24(33-30(40)41)11-5-3-1-2-4-9-20-17-31(20,34-26)29(39)35-45(42,43)22-12-13-22/h4,6-10,14-15,20-22,24-25,33H,1-3,5,11-13,16-18H2,(H,34,37)(H,35,39)(H,40,41)/b9-4-. The first-order chi connectivity index (χ1) is 21.6. The predicted octanol–water partition coefficient (Wildman–Crippen LogP) is 2.22. The monoisotopic (exact) mass is 639 g/mol. The van der Waals surface area contributed by atoms with Crippen molar-refractivity contribution in [2.45, 2.75) is 86.8 Å². The summed E-state index contributed by atoms with van der Waals surface area (Å²) in [5.74, 6) is -2.08. The fourth-order valence-electron chi connectivity index (χ4n) is 6.34. The Balaban J connectivity index is 1.30. The lowest BCUT2D eigenvalue weighted by molar-refractivity contribution is -0.141. The average molecular weight is 640 g/mol. The van der Waals surface area contributed by atoms with Crippen molar-refractivity contribution < 1.29 is 37.4 Å². The molecule has 45 heavy (non-hydrogen) atoms. The van der Waals surface area contributed by atoms with Crippen LogP contribution in [0.15, 0.2) is 48.7 Å². The number of ether oxygens (including phenoxy) is 1. The molecule has 1 aromatic heterocycles. The largest absolute Gasteiger partial charge is 0.472 e. The topological polar surface area (TPSA) is 184 Å². The van der Waals surface area contributed by atoms with Crippen LogP contribution in [0.4, 0.5) is 4.79 Å². The summed E-state index contributed by atoms with van der Waals surface area (Å²) in [4.78, 5) is 58.7. The number of nitrogens with one attached hydrogen (secondary N) is 3. The first-order valence-corrected chi connectivity index (χ1v) is 17.0. The molecule has 4 aliphatic rings. The van der Waals surface area contributed by atoms with Gasteiger partial charge in [-0.3, -0.25) is 19.1 Å². The van der Waals surface area contributed by atoms with Crippen LogP contribution in [0.25, 0.3) is 10.8 Å².